The average Bonchev–Trinajstić information content (AvgIpc) is 1.88. The summed E-state index contributed by atoms with van der Waals surface area (Å²) in [5, 5.41) is 8.67. The van der Waals surface area contributed by atoms with Crippen LogP contribution in [0.1, 0.15) is 6.93 Å². The molecule has 0 saturated heterocycles. The molecule has 1 unspecified atom stereocenters. The van der Waals surface area contributed by atoms with Crippen LogP contribution in [0.3, 0.4) is 0 Å². The van der Waals surface area contributed by atoms with E-state index in [2.05, 4.69) is 0 Å². The minimum atomic E-state index is -0.984. The average molecular weight is 123 g/mol. The Bertz CT molecular complexity index is 184. The van der Waals surface area contributed by atoms with E-state index in [0.717, 1.165) is 5.56 Å². The third-order valence-electron chi connectivity index (χ3n) is 1.17. The first-order valence-electron chi connectivity index (χ1n) is 3.51. The summed E-state index contributed by atoms with van der Waals surface area (Å²) in [6, 6.07) is 9.52. The van der Waals surface area contributed by atoms with Gasteiger partial charge in [-0.25, -0.2) is 0 Å². The van der Waals surface area contributed by atoms with Crippen LogP contribution in [0.5, 0.6) is 0 Å². The zero-order chi connectivity index (χ0) is 7.40. The number of aryl methyl sites for hydroxylation is 1. The highest BCUT2D eigenvalue weighted by Crippen LogP contribution is 1.97. The summed E-state index contributed by atoms with van der Waals surface area (Å²) in [6.45, 7) is -0.984. The molecule has 48 valence electrons. The molecule has 1 nitrogen and oxygen atoms in total. The van der Waals surface area contributed by atoms with Gasteiger partial charge in [0, 0.05) is 6.58 Å². The summed E-state index contributed by atoms with van der Waals surface area (Å²) in [4.78, 5) is 0. The van der Waals surface area contributed by atoms with Gasteiger partial charge < -0.3 is 5.11 Å². The quantitative estimate of drug-likeness (QED) is 0.627. The summed E-state index contributed by atoms with van der Waals surface area (Å²) in [7, 11) is 0. The first-order valence-corrected chi connectivity index (χ1v) is 2.93. The lowest BCUT2D eigenvalue weighted by atomic mass is 10.2. The Hall–Kier alpha value is -0.820. The summed E-state index contributed by atoms with van der Waals surface area (Å²) in [6.07, 6.45) is 0.418. The molecule has 0 amide bonds. The zero-order valence-corrected chi connectivity index (χ0v) is 5.12. The Morgan fingerprint density at radius 3 is 2.56 bits per heavy atom. The van der Waals surface area contributed by atoms with Crippen LogP contribution >= 0.6 is 0 Å². The van der Waals surface area contributed by atoms with Crippen LogP contribution in [-0.4, -0.2) is 11.7 Å². The Morgan fingerprint density at radius 1 is 1.33 bits per heavy atom. The first kappa shape index (κ1) is 5.00. The molecule has 0 aliphatic rings. The van der Waals surface area contributed by atoms with E-state index in [1.807, 2.05) is 30.3 Å². The van der Waals surface area contributed by atoms with Crippen LogP contribution in [0.2, 0.25) is 0 Å². The Kier molecular flexibility index (Phi) is 1.81. The molecule has 1 atom stereocenters. The predicted molar refractivity (Wildman–Crippen MR) is 37.2 cm³/mol. The lowest BCUT2D eigenvalue weighted by molar-refractivity contribution is 0.299. The van der Waals surface area contributed by atoms with Gasteiger partial charge in [0.05, 0.1) is 1.37 Å². The third kappa shape index (κ3) is 1.86. The fourth-order valence-corrected chi connectivity index (χ4v) is 0.720. The van der Waals surface area contributed by atoms with Crippen LogP contribution in [0.15, 0.2) is 30.3 Å². The smallest absolute Gasteiger partial charge is 0.0567 e. The highest BCUT2D eigenvalue weighted by Gasteiger charge is 1.85. The van der Waals surface area contributed by atoms with Gasteiger partial charge in [0.1, 0.15) is 0 Å². The predicted octanol–water partition coefficient (Wildman–Crippen LogP) is 1.22. The van der Waals surface area contributed by atoms with E-state index in [1.165, 1.54) is 0 Å². The Labute approximate surface area is 56.4 Å². The van der Waals surface area contributed by atoms with Gasteiger partial charge in [-0.15, -0.1) is 0 Å². The molecule has 0 heterocycles. The molecule has 1 aromatic rings. The fourth-order valence-electron chi connectivity index (χ4n) is 0.720. The first-order chi connectivity index (χ1) is 4.79. The highest BCUT2D eigenvalue weighted by atomic mass is 16.2. The molecule has 1 rings (SSSR count). The maximum Gasteiger partial charge on any atom is 0.0567 e. The molecule has 0 bridgehead atoms. The van der Waals surface area contributed by atoms with Crippen molar-refractivity contribution in [3.8, 4) is 0 Å². The zero-order valence-electron chi connectivity index (χ0n) is 6.12. The molecule has 0 aromatic heterocycles. The van der Waals surface area contributed by atoms with E-state index in [9.17, 15) is 0 Å². The van der Waals surface area contributed by atoms with Crippen LogP contribution in [0.4, 0.5) is 0 Å². The van der Waals surface area contributed by atoms with E-state index in [4.69, 9.17) is 6.48 Å². The number of hydrogen-bond donors (Lipinski definition) is 1. The number of hydrogen-bond acceptors (Lipinski definition) is 1. The molecule has 1 N–H and O–H groups in total. The molecule has 1 heteroatoms. The molecule has 0 spiro atoms. The molecule has 0 aliphatic carbocycles. The van der Waals surface area contributed by atoms with Crippen molar-refractivity contribution < 1.29 is 6.48 Å². The summed E-state index contributed by atoms with van der Waals surface area (Å²) in [5.74, 6) is 0. The van der Waals surface area contributed by atoms with E-state index in [-0.39, 0.29) is 0 Å². The van der Waals surface area contributed by atoms with E-state index in [0.29, 0.717) is 6.42 Å². The van der Waals surface area contributed by atoms with Crippen LogP contribution in [0, 0.1) is 0 Å². The van der Waals surface area contributed by atoms with Crippen molar-refractivity contribution in [2.75, 3.05) is 6.58 Å². The molecule has 0 saturated carbocycles. The molecular weight excluding hydrogens is 112 g/mol. The second-order valence-corrected chi connectivity index (χ2v) is 1.87. The number of aliphatic hydroxyl groups excluding tert-OH is 1. The molecule has 0 aliphatic heterocycles. The van der Waals surface area contributed by atoms with Crippen molar-refractivity contribution in [1.29, 1.82) is 0 Å². The summed E-state index contributed by atoms with van der Waals surface area (Å²) in [5.41, 5.74) is 1.00. The number of rotatable bonds is 2. The SMILES string of the molecule is [2H]C(O)Cc1ccccc1. The fraction of sp³-hybridized carbons (Fsp3) is 0.250. The Balaban J connectivity index is 2.59. The van der Waals surface area contributed by atoms with Gasteiger partial charge in [0.15, 0.2) is 0 Å². The molecule has 1 aromatic carbocycles. The molecule has 0 fully saturated rings. The summed E-state index contributed by atoms with van der Waals surface area (Å²) < 4.78 is 6.87. The molecular formula is C8H10O. The van der Waals surface area contributed by atoms with Gasteiger partial charge in [-0.2, -0.15) is 0 Å². The topological polar surface area (TPSA) is 20.2 Å². The lowest BCUT2D eigenvalue weighted by Crippen LogP contribution is -1.88. The van der Waals surface area contributed by atoms with Gasteiger partial charge in [-0.05, 0) is 12.0 Å². The van der Waals surface area contributed by atoms with E-state index in [1.54, 1.807) is 0 Å². The van der Waals surface area contributed by atoms with Crippen LogP contribution in [0.25, 0.3) is 0 Å². The monoisotopic (exact) mass is 123 g/mol. The minimum absolute atomic E-state index is 0.418. The van der Waals surface area contributed by atoms with Crippen molar-refractivity contribution in [3.63, 3.8) is 0 Å². The van der Waals surface area contributed by atoms with Crippen LogP contribution < -0.4 is 0 Å². The van der Waals surface area contributed by atoms with Gasteiger partial charge in [0.2, 0.25) is 0 Å². The maximum absolute atomic E-state index is 8.67. The van der Waals surface area contributed by atoms with E-state index < -0.39 is 6.58 Å². The largest absolute Gasteiger partial charge is 0.396 e. The van der Waals surface area contributed by atoms with Gasteiger partial charge in [-0.3, -0.25) is 0 Å². The second-order valence-electron chi connectivity index (χ2n) is 1.87. The molecule has 9 heavy (non-hydrogen) atoms. The highest BCUT2D eigenvalue weighted by molar-refractivity contribution is 5.14. The van der Waals surface area contributed by atoms with Crippen molar-refractivity contribution in [2.24, 2.45) is 0 Å². The number of benzene rings is 1. The minimum Gasteiger partial charge on any atom is -0.396 e. The molecule has 0 radical (unpaired) electrons. The standard InChI is InChI=1S/C8H10O/c9-7-6-8-4-2-1-3-5-8/h1-5,9H,6-7H2/i7D. The normalized spacial score (nSPS) is 14.6. The van der Waals surface area contributed by atoms with Gasteiger partial charge >= 0.3 is 0 Å². The second kappa shape index (κ2) is 3.25. The van der Waals surface area contributed by atoms with Gasteiger partial charge in [0.25, 0.3) is 0 Å². The maximum atomic E-state index is 8.67. The lowest BCUT2D eigenvalue weighted by Gasteiger charge is -1.93. The van der Waals surface area contributed by atoms with Crippen molar-refractivity contribution in [3.05, 3.63) is 35.9 Å². The van der Waals surface area contributed by atoms with Crippen molar-refractivity contribution in [2.45, 2.75) is 6.42 Å². The van der Waals surface area contributed by atoms with E-state index >= 15 is 0 Å². The Morgan fingerprint density at radius 2 is 2.00 bits per heavy atom. The summed E-state index contributed by atoms with van der Waals surface area (Å²) >= 11 is 0. The number of aliphatic hydroxyl groups is 1. The third-order valence-corrected chi connectivity index (χ3v) is 1.17. The van der Waals surface area contributed by atoms with Crippen LogP contribution in [-0.2, 0) is 6.42 Å². The van der Waals surface area contributed by atoms with Crippen molar-refractivity contribution in [1.82, 2.24) is 0 Å². The van der Waals surface area contributed by atoms with Gasteiger partial charge in [-0.1, -0.05) is 30.3 Å². The van der Waals surface area contributed by atoms with Crippen molar-refractivity contribution >= 4 is 0 Å².